The third kappa shape index (κ3) is 4.45. The molecule has 2 aliphatic carbocycles. The summed E-state index contributed by atoms with van der Waals surface area (Å²) in [7, 11) is 0. The van der Waals surface area contributed by atoms with E-state index >= 15 is 0 Å². The smallest absolute Gasteiger partial charge is 0.225 e. The average molecular weight is 369 g/mol. The van der Waals surface area contributed by atoms with Crippen molar-refractivity contribution in [3.63, 3.8) is 0 Å². The highest BCUT2D eigenvalue weighted by atomic mass is 16.1. The highest BCUT2D eigenvalue weighted by Gasteiger charge is 2.43. The van der Waals surface area contributed by atoms with Gasteiger partial charge in [-0.05, 0) is 36.8 Å². The summed E-state index contributed by atoms with van der Waals surface area (Å²) in [6.45, 7) is 3.60. The molecular formula is C22H32N4O. The van der Waals surface area contributed by atoms with Gasteiger partial charge in [0, 0.05) is 30.6 Å². The molecule has 1 aromatic carbocycles. The van der Waals surface area contributed by atoms with Crippen molar-refractivity contribution in [3.8, 4) is 0 Å². The molecule has 0 bridgehead atoms. The number of amides is 1. The van der Waals surface area contributed by atoms with Gasteiger partial charge in [-0.1, -0.05) is 50.3 Å². The van der Waals surface area contributed by atoms with Gasteiger partial charge in [0.25, 0.3) is 0 Å². The van der Waals surface area contributed by atoms with Crippen LogP contribution in [-0.4, -0.2) is 31.0 Å². The zero-order chi connectivity index (χ0) is 18.6. The second kappa shape index (κ2) is 8.32. The molecule has 1 heterocycles. The number of nitrogens with one attached hydrogen (secondary N) is 3. The first-order valence-electron chi connectivity index (χ1n) is 10.7. The molecule has 5 nitrogen and oxygen atoms in total. The summed E-state index contributed by atoms with van der Waals surface area (Å²) in [4.78, 5) is 16.9. The van der Waals surface area contributed by atoms with Gasteiger partial charge in [-0.2, -0.15) is 0 Å². The number of carbonyl (C=O) groups is 1. The number of guanidine groups is 1. The van der Waals surface area contributed by atoms with Gasteiger partial charge in [0.05, 0.1) is 6.54 Å². The normalized spacial score (nSPS) is 28.3. The molecule has 27 heavy (non-hydrogen) atoms. The van der Waals surface area contributed by atoms with Crippen LogP contribution in [-0.2, 0) is 4.79 Å². The summed E-state index contributed by atoms with van der Waals surface area (Å²) in [5.41, 5.74) is 2.13. The number of hydrogen-bond donors (Lipinski definition) is 3. The summed E-state index contributed by atoms with van der Waals surface area (Å²) in [6, 6.07) is 8.67. The van der Waals surface area contributed by atoms with Crippen molar-refractivity contribution in [3.05, 3.63) is 29.8 Å². The van der Waals surface area contributed by atoms with Crippen LogP contribution in [0.3, 0.4) is 0 Å². The zero-order valence-corrected chi connectivity index (χ0v) is 16.3. The van der Waals surface area contributed by atoms with E-state index in [2.05, 4.69) is 28.9 Å². The summed E-state index contributed by atoms with van der Waals surface area (Å²) in [5.74, 6) is 2.89. The van der Waals surface area contributed by atoms with Gasteiger partial charge in [-0.15, -0.1) is 0 Å². The lowest BCUT2D eigenvalue weighted by Gasteiger charge is -2.25. The summed E-state index contributed by atoms with van der Waals surface area (Å²) >= 11 is 0. The van der Waals surface area contributed by atoms with Crippen LogP contribution in [0.15, 0.2) is 29.3 Å². The number of rotatable bonds is 5. The van der Waals surface area contributed by atoms with E-state index in [1.807, 2.05) is 18.2 Å². The van der Waals surface area contributed by atoms with E-state index in [1.54, 1.807) is 0 Å². The first-order valence-corrected chi connectivity index (χ1v) is 10.7. The molecule has 2 saturated carbocycles. The van der Waals surface area contributed by atoms with Crippen molar-refractivity contribution in [1.29, 1.82) is 0 Å². The molecule has 146 valence electrons. The molecular weight excluding hydrogens is 336 g/mol. The van der Waals surface area contributed by atoms with Gasteiger partial charge < -0.3 is 16.0 Å². The molecule has 5 heteroatoms. The van der Waals surface area contributed by atoms with Gasteiger partial charge >= 0.3 is 0 Å². The summed E-state index contributed by atoms with van der Waals surface area (Å²) in [5, 5.41) is 10.0. The van der Waals surface area contributed by atoms with Crippen molar-refractivity contribution in [1.82, 2.24) is 10.6 Å². The lowest BCUT2D eigenvalue weighted by Crippen LogP contribution is -2.40. The maximum atomic E-state index is 12.0. The van der Waals surface area contributed by atoms with E-state index in [-0.39, 0.29) is 11.8 Å². The molecule has 1 aromatic rings. The first-order chi connectivity index (χ1) is 13.2. The Bertz CT molecular complexity index is 695. The van der Waals surface area contributed by atoms with E-state index < -0.39 is 0 Å². The number of aliphatic imine (C=N–C) groups is 1. The van der Waals surface area contributed by atoms with E-state index in [9.17, 15) is 4.79 Å². The minimum Gasteiger partial charge on any atom is -0.357 e. The summed E-state index contributed by atoms with van der Waals surface area (Å²) < 4.78 is 0. The Morgan fingerprint density at radius 2 is 2.04 bits per heavy atom. The van der Waals surface area contributed by atoms with E-state index in [0.717, 1.165) is 30.0 Å². The number of carbonyl (C=O) groups excluding carboxylic acids is 1. The van der Waals surface area contributed by atoms with E-state index in [4.69, 9.17) is 4.99 Å². The quantitative estimate of drug-likeness (QED) is 0.549. The van der Waals surface area contributed by atoms with Gasteiger partial charge in [-0.3, -0.25) is 9.79 Å². The first kappa shape index (κ1) is 18.3. The molecule has 3 aliphatic rings. The molecule has 3 unspecified atom stereocenters. The van der Waals surface area contributed by atoms with E-state index in [1.165, 1.54) is 44.1 Å². The number of benzene rings is 1. The van der Waals surface area contributed by atoms with Crippen LogP contribution < -0.4 is 16.0 Å². The maximum absolute atomic E-state index is 12.0. The lowest BCUT2D eigenvalue weighted by molar-refractivity contribution is -0.116. The predicted octanol–water partition coefficient (Wildman–Crippen LogP) is 3.64. The van der Waals surface area contributed by atoms with Crippen molar-refractivity contribution < 1.29 is 4.79 Å². The molecule has 0 radical (unpaired) electrons. The highest BCUT2D eigenvalue weighted by molar-refractivity contribution is 5.94. The number of fused-ring (bicyclic) bond motifs is 1. The van der Waals surface area contributed by atoms with Gasteiger partial charge in [0.1, 0.15) is 0 Å². The maximum Gasteiger partial charge on any atom is 0.225 e. The highest BCUT2D eigenvalue weighted by Crippen LogP contribution is 2.44. The minimum absolute atomic E-state index is 0.0893. The number of hydrogen-bond acceptors (Lipinski definition) is 2. The Kier molecular flexibility index (Phi) is 5.65. The lowest BCUT2D eigenvalue weighted by atomic mass is 9.85. The Balaban J connectivity index is 1.38. The van der Waals surface area contributed by atoms with Crippen LogP contribution >= 0.6 is 0 Å². The molecule has 1 aliphatic heterocycles. The molecule has 0 aromatic heterocycles. The Hall–Kier alpha value is -2.04. The molecule has 3 N–H and O–H groups in total. The van der Waals surface area contributed by atoms with Crippen LogP contribution in [0.2, 0.25) is 0 Å². The van der Waals surface area contributed by atoms with Crippen LogP contribution in [0.5, 0.6) is 0 Å². The number of para-hydroxylation sites is 1. The second-order valence-corrected chi connectivity index (χ2v) is 8.30. The molecule has 1 amide bonds. The van der Waals surface area contributed by atoms with Crippen molar-refractivity contribution in [2.24, 2.45) is 16.8 Å². The molecule has 0 saturated heterocycles. The Labute approximate surface area is 162 Å². The van der Waals surface area contributed by atoms with Gasteiger partial charge in [0.2, 0.25) is 5.91 Å². The average Bonchev–Trinajstić information content (AvgIpc) is 3.46. The largest absolute Gasteiger partial charge is 0.357 e. The molecule has 3 atom stereocenters. The SMILES string of the molecule is CCNC(=NCC1CC(=O)Nc2ccccc21)NC1CC1C1CCCCC1. The summed E-state index contributed by atoms with van der Waals surface area (Å²) in [6.07, 6.45) is 8.84. The number of nitrogens with zero attached hydrogens (tertiary/aromatic N) is 1. The Morgan fingerprint density at radius 1 is 1.22 bits per heavy atom. The van der Waals surface area contributed by atoms with Crippen LogP contribution in [0.1, 0.15) is 63.4 Å². The topological polar surface area (TPSA) is 65.5 Å². The van der Waals surface area contributed by atoms with Gasteiger partial charge in [0.15, 0.2) is 5.96 Å². The molecule has 0 spiro atoms. The fraction of sp³-hybridized carbons (Fsp3) is 0.636. The minimum atomic E-state index is 0.0893. The third-order valence-electron chi connectivity index (χ3n) is 6.34. The Morgan fingerprint density at radius 3 is 2.85 bits per heavy atom. The van der Waals surface area contributed by atoms with Crippen LogP contribution in [0, 0.1) is 11.8 Å². The van der Waals surface area contributed by atoms with Crippen molar-refractivity contribution >= 4 is 17.6 Å². The standard InChI is InChI=1S/C22H32N4O/c1-2-23-22(26-20-13-18(20)15-8-4-3-5-9-15)24-14-16-12-21(27)25-19-11-7-6-10-17(16)19/h6-7,10-11,15-16,18,20H,2-5,8-9,12-14H2,1H3,(H,25,27)(H2,23,24,26). The van der Waals surface area contributed by atoms with Crippen LogP contribution in [0.4, 0.5) is 5.69 Å². The second-order valence-electron chi connectivity index (χ2n) is 8.30. The third-order valence-corrected chi connectivity index (χ3v) is 6.34. The number of anilines is 1. The molecule has 4 rings (SSSR count). The fourth-order valence-electron chi connectivity index (χ4n) is 4.83. The fourth-order valence-corrected chi connectivity index (χ4v) is 4.83. The van der Waals surface area contributed by atoms with Crippen molar-refractivity contribution in [2.45, 2.75) is 63.8 Å². The van der Waals surface area contributed by atoms with Gasteiger partial charge in [-0.25, -0.2) is 0 Å². The van der Waals surface area contributed by atoms with E-state index in [0.29, 0.717) is 19.0 Å². The monoisotopic (exact) mass is 368 g/mol. The van der Waals surface area contributed by atoms with Crippen molar-refractivity contribution in [2.75, 3.05) is 18.4 Å². The predicted molar refractivity (Wildman–Crippen MR) is 110 cm³/mol. The molecule has 2 fully saturated rings. The zero-order valence-electron chi connectivity index (χ0n) is 16.3. The van der Waals surface area contributed by atoms with Crippen LogP contribution in [0.25, 0.3) is 0 Å².